The highest BCUT2D eigenvalue weighted by atomic mass is 16.2. The second kappa shape index (κ2) is 4.43. The molecule has 1 aliphatic heterocycles. The standard InChI is InChI=1S/C14H23NO2/c1-4-10-5-6-14(7-10)8-11(16)15-13(17)12(14)9(2)3/h9-10,12H,4-8H2,1-3H3,(H,15,16,17). The van der Waals surface area contributed by atoms with E-state index in [9.17, 15) is 9.59 Å². The Morgan fingerprint density at radius 2 is 2.12 bits per heavy atom. The van der Waals surface area contributed by atoms with Crippen molar-refractivity contribution in [3.05, 3.63) is 0 Å². The summed E-state index contributed by atoms with van der Waals surface area (Å²) in [6.07, 6.45) is 5.01. The van der Waals surface area contributed by atoms with Gasteiger partial charge in [0.05, 0.1) is 0 Å². The predicted molar refractivity (Wildman–Crippen MR) is 66.2 cm³/mol. The number of piperidine rings is 1. The van der Waals surface area contributed by atoms with E-state index in [-0.39, 0.29) is 23.1 Å². The Morgan fingerprint density at radius 1 is 1.41 bits per heavy atom. The van der Waals surface area contributed by atoms with E-state index in [0.717, 1.165) is 12.8 Å². The molecule has 1 heterocycles. The zero-order valence-corrected chi connectivity index (χ0v) is 11.1. The molecule has 1 spiro atoms. The number of carbonyl (C=O) groups is 2. The maximum absolute atomic E-state index is 12.1. The first-order valence-electron chi connectivity index (χ1n) is 6.82. The van der Waals surface area contributed by atoms with Gasteiger partial charge in [-0.2, -0.15) is 0 Å². The molecule has 2 aliphatic rings. The van der Waals surface area contributed by atoms with Crippen LogP contribution in [0.15, 0.2) is 0 Å². The molecule has 1 aliphatic carbocycles. The minimum absolute atomic E-state index is 0.0248. The number of hydrogen-bond acceptors (Lipinski definition) is 2. The highest BCUT2D eigenvalue weighted by Crippen LogP contribution is 2.53. The molecule has 96 valence electrons. The summed E-state index contributed by atoms with van der Waals surface area (Å²) >= 11 is 0. The molecule has 2 amide bonds. The smallest absolute Gasteiger partial charge is 0.230 e. The number of carbonyl (C=O) groups excluding carboxylic acids is 2. The molecule has 0 bridgehead atoms. The molecular formula is C14H23NO2. The van der Waals surface area contributed by atoms with Gasteiger partial charge < -0.3 is 0 Å². The van der Waals surface area contributed by atoms with Crippen LogP contribution in [0.2, 0.25) is 0 Å². The van der Waals surface area contributed by atoms with Crippen LogP contribution in [0.1, 0.15) is 52.9 Å². The molecule has 1 N–H and O–H groups in total. The summed E-state index contributed by atoms with van der Waals surface area (Å²) in [6.45, 7) is 6.40. The minimum atomic E-state index is -0.0661. The van der Waals surface area contributed by atoms with Gasteiger partial charge in [-0.1, -0.05) is 27.2 Å². The summed E-state index contributed by atoms with van der Waals surface area (Å²) in [7, 11) is 0. The Hall–Kier alpha value is -0.860. The van der Waals surface area contributed by atoms with Crippen LogP contribution < -0.4 is 5.32 Å². The van der Waals surface area contributed by atoms with Crippen LogP contribution in [0.5, 0.6) is 0 Å². The second-order valence-electron chi connectivity index (χ2n) is 6.19. The molecule has 3 nitrogen and oxygen atoms in total. The number of nitrogens with one attached hydrogen (secondary N) is 1. The van der Waals surface area contributed by atoms with Crippen molar-refractivity contribution in [1.29, 1.82) is 0 Å². The largest absolute Gasteiger partial charge is 0.296 e. The highest BCUT2D eigenvalue weighted by Gasteiger charge is 2.52. The van der Waals surface area contributed by atoms with E-state index in [1.54, 1.807) is 0 Å². The molecule has 1 saturated heterocycles. The molecule has 2 fully saturated rings. The number of imide groups is 1. The Kier molecular flexibility index (Phi) is 3.28. The van der Waals surface area contributed by atoms with Gasteiger partial charge in [-0.05, 0) is 36.5 Å². The SMILES string of the molecule is CCC1CCC2(CC(=O)NC(=O)C2C(C)C)C1. The summed E-state index contributed by atoms with van der Waals surface area (Å²) in [6, 6.07) is 0. The number of amides is 2. The lowest BCUT2D eigenvalue weighted by Crippen LogP contribution is -2.53. The Balaban J connectivity index is 2.27. The average molecular weight is 237 g/mol. The molecule has 3 atom stereocenters. The van der Waals surface area contributed by atoms with Crippen LogP contribution >= 0.6 is 0 Å². The highest BCUT2D eigenvalue weighted by molar-refractivity contribution is 5.99. The fourth-order valence-corrected chi connectivity index (χ4v) is 4.04. The van der Waals surface area contributed by atoms with Crippen molar-refractivity contribution in [3.8, 4) is 0 Å². The van der Waals surface area contributed by atoms with E-state index in [1.807, 2.05) is 0 Å². The summed E-state index contributed by atoms with van der Waals surface area (Å²) in [5.74, 6) is 0.946. The third kappa shape index (κ3) is 2.12. The number of rotatable bonds is 2. The Bertz CT molecular complexity index is 337. The molecule has 0 aromatic heterocycles. The lowest BCUT2D eigenvalue weighted by Gasteiger charge is -2.42. The Morgan fingerprint density at radius 3 is 2.65 bits per heavy atom. The first kappa shape index (κ1) is 12.6. The molecule has 3 heteroatoms. The van der Waals surface area contributed by atoms with Crippen LogP contribution in [0.4, 0.5) is 0 Å². The summed E-state index contributed by atoms with van der Waals surface area (Å²) in [5.41, 5.74) is -0.0335. The van der Waals surface area contributed by atoms with Gasteiger partial charge in [0.25, 0.3) is 0 Å². The van der Waals surface area contributed by atoms with Crippen LogP contribution in [0, 0.1) is 23.2 Å². The zero-order valence-electron chi connectivity index (χ0n) is 11.1. The van der Waals surface area contributed by atoms with Crippen LogP contribution in [0.25, 0.3) is 0 Å². The maximum Gasteiger partial charge on any atom is 0.230 e. The van der Waals surface area contributed by atoms with Crippen LogP contribution in [-0.4, -0.2) is 11.8 Å². The normalized spacial score (nSPS) is 37.9. The zero-order chi connectivity index (χ0) is 12.6. The third-order valence-corrected chi connectivity index (χ3v) is 4.71. The average Bonchev–Trinajstić information content (AvgIpc) is 2.59. The van der Waals surface area contributed by atoms with Gasteiger partial charge in [0.2, 0.25) is 11.8 Å². The maximum atomic E-state index is 12.1. The van der Waals surface area contributed by atoms with Crippen molar-refractivity contribution in [2.45, 2.75) is 52.9 Å². The molecule has 1 saturated carbocycles. The fourth-order valence-electron chi connectivity index (χ4n) is 4.04. The molecule has 0 radical (unpaired) electrons. The van der Waals surface area contributed by atoms with Crippen molar-refractivity contribution in [2.24, 2.45) is 23.2 Å². The van der Waals surface area contributed by atoms with Gasteiger partial charge in [-0.3, -0.25) is 14.9 Å². The van der Waals surface area contributed by atoms with E-state index in [0.29, 0.717) is 18.3 Å². The first-order valence-corrected chi connectivity index (χ1v) is 6.82. The van der Waals surface area contributed by atoms with Crippen molar-refractivity contribution in [3.63, 3.8) is 0 Å². The van der Waals surface area contributed by atoms with E-state index in [2.05, 4.69) is 26.1 Å². The van der Waals surface area contributed by atoms with Gasteiger partial charge in [-0.25, -0.2) is 0 Å². The topological polar surface area (TPSA) is 46.2 Å². The number of hydrogen-bond donors (Lipinski definition) is 1. The van der Waals surface area contributed by atoms with E-state index >= 15 is 0 Å². The van der Waals surface area contributed by atoms with Gasteiger partial charge in [0, 0.05) is 12.3 Å². The minimum Gasteiger partial charge on any atom is -0.296 e. The molecular weight excluding hydrogens is 214 g/mol. The predicted octanol–water partition coefficient (Wildman–Crippen LogP) is 2.50. The fraction of sp³-hybridized carbons (Fsp3) is 0.857. The second-order valence-corrected chi connectivity index (χ2v) is 6.19. The quantitative estimate of drug-likeness (QED) is 0.750. The third-order valence-electron chi connectivity index (χ3n) is 4.71. The monoisotopic (exact) mass is 237 g/mol. The lowest BCUT2D eigenvalue weighted by molar-refractivity contribution is -0.145. The molecule has 0 aromatic carbocycles. The first-order chi connectivity index (χ1) is 7.98. The molecule has 2 rings (SSSR count). The summed E-state index contributed by atoms with van der Waals surface area (Å²) < 4.78 is 0. The van der Waals surface area contributed by atoms with Gasteiger partial charge in [0.1, 0.15) is 0 Å². The van der Waals surface area contributed by atoms with Crippen LogP contribution in [0.3, 0.4) is 0 Å². The van der Waals surface area contributed by atoms with Crippen molar-refractivity contribution in [1.82, 2.24) is 5.32 Å². The van der Waals surface area contributed by atoms with E-state index in [1.165, 1.54) is 12.8 Å². The van der Waals surface area contributed by atoms with Crippen molar-refractivity contribution >= 4 is 11.8 Å². The molecule has 17 heavy (non-hydrogen) atoms. The van der Waals surface area contributed by atoms with E-state index in [4.69, 9.17) is 0 Å². The summed E-state index contributed by atoms with van der Waals surface area (Å²) in [4.78, 5) is 23.7. The molecule has 3 unspecified atom stereocenters. The Labute approximate surface area is 103 Å². The van der Waals surface area contributed by atoms with Crippen LogP contribution in [-0.2, 0) is 9.59 Å². The lowest BCUT2D eigenvalue weighted by atomic mass is 9.64. The molecule has 0 aromatic rings. The van der Waals surface area contributed by atoms with Gasteiger partial charge in [0.15, 0.2) is 0 Å². The van der Waals surface area contributed by atoms with Crippen molar-refractivity contribution in [2.75, 3.05) is 0 Å². The van der Waals surface area contributed by atoms with Gasteiger partial charge in [-0.15, -0.1) is 0 Å². The van der Waals surface area contributed by atoms with E-state index < -0.39 is 0 Å². The van der Waals surface area contributed by atoms with Crippen molar-refractivity contribution < 1.29 is 9.59 Å². The van der Waals surface area contributed by atoms with Gasteiger partial charge >= 0.3 is 0 Å². The summed E-state index contributed by atoms with van der Waals surface area (Å²) in [5, 5.41) is 2.52.